The van der Waals surface area contributed by atoms with Crippen LogP contribution in [0.4, 0.5) is 0 Å². The minimum Gasteiger partial charge on any atom is -0.329 e. The average Bonchev–Trinajstić information content (AvgIpc) is 2.70. The van der Waals surface area contributed by atoms with Crippen LogP contribution < -0.4 is 5.73 Å². The Morgan fingerprint density at radius 2 is 2.00 bits per heavy atom. The largest absolute Gasteiger partial charge is 0.329 e. The van der Waals surface area contributed by atoms with Crippen molar-refractivity contribution >= 4 is 11.8 Å². The SMILES string of the molecule is CC(C)CN(C(C)C)C(CN)C1CCSC1. The molecule has 1 aliphatic heterocycles. The Kier molecular flexibility index (Phi) is 6.16. The van der Waals surface area contributed by atoms with Gasteiger partial charge in [-0.3, -0.25) is 4.90 Å². The molecule has 1 fully saturated rings. The van der Waals surface area contributed by atoms with Crippen molar-refractivity contribution in [2.24, 2.45) is 17.6 Å². The van der Waals surface area contributed by atoms with Crippen LogP contribution in [0.5, 0.6) is 0 Å². The van der Waals surface area contributed by atoms with E-state index >= 15 is 0 Å². The number of thioether (sulfide) groups is 1. The molecule has 1 aliphatic rings. The molecule has 1 saturated heterocycles. The number of nitrogens with two attached hydrogens (primary N) is 1. The van der Waals surface area contributed by atoms with Gasteiger partial charge in [0.1, 0.15) is 0 Å². The molecule has 2 nitrogen and oxygen atoms in total. The lowest BCUT2D eigenvalue weighted by Gasteiger charge is -2.38. The zero-order valence-electron chi connectivity index (χ0n) is 11.3. The minimum atomic E-state index is 0.595. The van der Waals surface area contributed by atoms with Gasteiger partial charge >= 0.3 is 0 Å². The van der Waals surface area contributed by atoms with Gasteiger partial charge < -0.3 is 5.73 Å². The number of rotatable bonds is 6. The summed E-state index contributed by atoms with van der Waals surface area (Å²) in [6, 6.07) is 1.21. The van der Waals surface area contributed by atoms with Gasteiger partial charge in [-0.2, -0.15) is 11.8 Å². The van der Waals surface area contributed by atoms with Gasteiger partial charge in [0.25, 0.3) is 0 Å². The normalized spacial score (nSPS) is 23.6. The monoisotopic (exact) mass is 244 g/mol. The van der Waals surface area contributed by atoms with Crippen LogP contribution >= 0.6 is 11.8 Å². The van der Waals surface area contributed by atoms with Crippen LogP contribution in [0.1, 0.15) is 34.1 Å². The molecular formula is C13H28N2S. The molecule has 2 unspecified atom stereocenters. The van der Waals surface area contributed by atoms with Crippen LogP contribution in [0.3, 0.4) is 0 Å². The van der Waals surface area contributed by atoms with Crippen molar-refractivity contribution in [1.29, 1.82) is 0 Å². The molecule has 0 saturated carbocycles. The Labute approximate surface area is 105 Å². The van der Waals surface area contributed by atoms with Crippen molar-refractivity contribution in [1.82, 2.24) is 4.90 Å². The molecule has 0 radical (unpaired) electrons. The van der Waals surface area contributed by atoms with Gasteiger partial charge in [0.15, 0.2) is 0 Å². The Hall–Kier alpha value is 0.270. The molecule has 0 spiro atoms. The number of hydrogen-bond donors (Lipinski definition) is 1. The molecule has 0 amide bonds. The summed E-state index contributed by atoms with van der Waals surface area (Å²) >= 11 is 2.09. The lowest BCUT2D eigenvalue weighted by Crippen LogP contribution is -2.50. The van der Waals surface area contributed by atoms with E-state index in [0.717, 1.165) is 18.4 Å². The van der Waals surface area contributed by atoms with Crippen LogP contribution in [0, 0.1) is 11.8 Å². The topological polar surface area (TPSA) is 29.3 Å². The molecule has 1 heterocycles. The second-order valence-corrected chi connectivity index (χ2v) is 6.76. The highest BCUT2D eigenvalue weighted by Gasteiger charge is 2.30. The van der Waals surface area contributed by atoms with Gasteiger partial charge in [0.2, 0.25) is 0 Å². The first kappa shape index (κ1) is 14.3. The maximum atomic E-state index is 6.02. The van der Waals surface area contributed by atoms with Gasteiger partial charge in [-0.15, -0.1) is 0 Å². The Balaban J connectivity index is 2.64. The van der Waals surface area contributed by atoms with Gasteiger partial charge in [-0.05, 0) is 43.6 Å². The predicted octanol–water partition coefficient (Wildman–Crippen LogP) is 2.43. The van der Waals surface area contributed by atoms with Crippen molar-refractivity contribution in [3.63, 3.8) is 0 Å². The Bertz CT molecular complexity index is 188. The minimum absolute atomic E-state index is 0.595. The molecule has 16 heavy (non-hydrogen) atoms. The summed E-state index contributed by atoms with van der Waals surface area (Å²) < 4.78 is 0. The first-order valence-electron chi connectivity index (χ1n) is 6.59. The van der Waals surface area contributed by atoms with E-state index in [-0.39, 0.29) is 0 Å². The van der Waals surface area contributed by atoms with E-state index < -0.39 is 0 Å². The van der Waals surface area contributed by atoms with E-state index in [1.807, 2.05) is 0 Å². The smallest absolute Gasteiger partial charge is 0.0257 e. The molecule has 2 atom stereocenters. The molecule has 0 aromatic heterocycles. The van der Waals surface area contributed by atoms with Crippen molar-refractivity contribution < 1.29 is 0 Å². The molecule has 96 valence electrons. The second kappa shape index (κ2) is 6.87. The van der Waals surface area contributed by atoms with Gasteiger partial charge in [-0.25, -0.2) is 0 Å². The fraction of sp³-hybridized carbons (Fsp3) is 1.00. The quantitative estimate of drug-likeness (QED) is 0.778. The summed E-state index contributed by atoms with van der Waals surface area (Å²) in [7, 11) is 0. The molecule has 0 aliphatic carbocycles. The fourth-order valence-electron chi connectivity index (χ4n) is 2.61. The summed E-state index contributed by atoms with van der Waals surface area (Å²) in [4.78, 5) is 2.63. The summed E-state index contributed by atoms with van der Waals surface area (Å²) in [5.74, 6) is 4.18. The maximum Gasteiger partial charge on any atom is 0.0257 e. The van der Waals surface area contributed by atoms with E-state index in [4.69, 9.17) is 5.73 Å². The first-order chi connectivity index (χ1) is 7.56. The van der Waals surface area contributed by atoms with E-state index in [1.54, 1.807) is 0 Å². The van der Waals surface area contributed by atoms with E-state index in [1.165, 1.54) is 24.5 Å². The predicted molar refractivity (Wildman–Crippen MR) is 75.0 cm³/mol. The zero-order chi connectivity index (χ0) is 12.1. The summed E-state index contributed by atoms with van der Waals surface area (Å²) in [5.41, 5.74) is 6.02. The van der Waals surface area contributed by atoms with Crippen molar-refractivity contribution in [3.05, 3.63) is 0 Å². The molecule has 3 heteroatoms. The summed E-state index contributed by atoms with van der Waals surface area (Å²) in [6.45, 7) is 11.2. The molecular weight excluding hydrogens is 216 g/mol. The zero-order valence-corrected chi connectivity index (χ0v) is 12.1. The van der Waals surface area contributed by atoms with Gasteiger partial charge in [0, 0.05) is 25.2 Å². The molecule has 0 aromatic rings. The van der Waals surface area contributed by atoms with Crippen LogP contribution in [0.2, 0.25) is 0 Å². The van der Waals surface area contributed by atoms with E-state index in [0.29, 0.717) is 12.1 Å². The van der Waals surface area contributed by atoms with Crippen LogP contribution in [-0.2, 0) is 0 Å². The number of nitrogens with zero attached hydrogens (tertiary/aromatic N) is 1. The Morgan fingerprint density at radius 1 is 1.31 bits per heavy atom. The van der Waals surface area contributed by atoms with E-state index in [9.17, 15) is 0 Å². The lowest BCUT2D eigenvalue weighted by atomic mass is 9.95. The first-order valence-corrected chi connectivity index (χ1v) is 7.75. The number of hydrogen-bond acceptors (Lipinski definition) is 3. The second-order valence-electron chi connectivity index (χ2n) is 5.61. The average molecular weight is 244 g/mol. The van der Waals surface area contributed by atoms with Gasteiger partial charge in [0.05, 0.1) is 0 Å². The van der Waals surface area contributed by atoms with Crippen LogP contribution in [0.15, 0.2) is 0 Å². The standard InChI is InChI=1S/C13H28N2S/c1-10(2)8-15(11(3)4)13(7-14)12-5-6-16-9-12/h10-13H,5-9,14H2,1-4H3. The lowest BCUT2D eigenvalue weighted by molar-refractivity contribution is 0.104. The van der Waals surface area contributed by atoms with Gasteiger partial charge in [-0.1, -0.05) is 13.8 Å². The summed E-state index contributed by atoms with van der Waals surface area (Å²) in [6.07, 6.45) is 1.36. The van der Waals surface area contributed by atoms with Crippen LogP contribution in [0.25, 0.3) is 0 Å². The van der Waals surface area contributed by atoms with Crippen molar-refractivity contribution in [3.8, 4) is 0 Å². The maximum absolute atomic E-state index is 6.02. The molecule has 2 N–H and O–H groups in total. The molecule has 0 bridgehead atoms. The fourth-order valence-corrected chi connectivity index (χ4v) is 3.93. The summed E-state index contributed by atoms with van der Waals surface area (Å²) in [5, 5.41) is 0. The highest BCUT2D eigenvalue weighted by molar-refractivity contribution is 7.99. The highest BCUT2D eigenvalue weighted by atomic mass is 32.2. The molecule has 0 aromatic carbocycles. The Morgan fingerprint density at radius 3 is 2.38 bits per heavy atom. The highest BCUT2D eigenvalue weighted by Crippen LogP contribution is 2.29. The third-order valence-corrected chi connectivity index (χ3v) is 4.60. The molecule has 1 rings (SSSR count). The third-order valence-electron chi connectivity index (χ3n) is 3.42. The van der Waals surface area contributed by atoms with E-state index in [2.05, 4.69) is 44.4 Å². The van der Waals surface area contributed by atoms with Crippen molar-refractivity contribution in [2.45, 2.75) is 46.2 Å². The third kappa shape index (κ3) is 3.94. The van der Waals surface area contributed by atoms with Crippen LogP contribution in [-0.4, -0.2) is 41.6 Å². The van der Waals surface area contributed by atoms with Crippen molar-refractivity contribution in [2.75, 3.05) is 24.6 Å².